The maximum Gasteiger partial charge on any atom is 0.293 e. The zero-order valence-electron chi connectivity index (χ0n) is 16.5. The summed E-state index contributed by atoms with van der Waals surface area (Å²) in [5.41, 5.74) is 1.15. The van der Waals surface area contributed by atoms with E-state index in [1.807, 2.05) is 11.0 Å². The summed E-state index contributed by atoms with van der Waals surface area (Å²) in [5, 5.41) is 14.3. The normalized spacial score (nSPS) is 16.9. The van der Waals surface area contributed by atoms with E-state index in [1.54, 1.807) is 24.4 Å². The average molecular weight is 413 g/mol. The molecule has 1 aromatic carbocycles. The summed E-state index contributed by atoms with van der Waals surface area (Å²) in [4.78, 5) is 32.2. The number of nitrogens with zero attached hydrogens (tertiary/aromatic N) is 4. The maximum atomic E-state index is 12.6. The zero-order chi connectivity index (χ0) is 20.9. The molecule has 30 heavy (non-hydrogen) atoms. The fraction of sp³-hybridized carbons (Fsp3) is 0.400. The van der Waals surface area contributed by atoms with Crippen LogP contribution in [0.25, 0.3) is 0 Å². The van der Waals surface area contributed by atoms with E-state index >= 15 is 0 Å². The van der Waals surface area contributed by atoms with Crippen molar-refractivity contribution < 1.29 is 19.2 Å². The number of hydrogen-bond donors (Lipinski definition) is 1. The fourth-order valence-corrected chi connectivity index (χ4v) is 3.53. The summed E-state index contributed by atoms with van der Waals surface area (Å²) in [6.45, 7) is 5.08. The van der Waals surface area contributed by atoms with Gasteiger partial charge in [0.05, 0.1) is 43.2 Å². The minimum absolute atomic E-state index is 0.0923. The van der Waals surface area contributed by atoms with E-state index in [0.29, 0.717) is 50.9 Å². The van der Waals surface area contributed by atoms with Crippen molar-refractivity contribution in [2.45, 2.75) is 0 Å². The highest BCUT2D eigenvalue weighted by atomic mass is 16.6. The molecule has 0 radical (unpaired) electrons. The number of pyridine rings is 1. The Morgan fingerprint density at radius 1 is 1.00 bits per heavy atom. The van der Waals surface area contributed by atoms with Crippen LogP contribution in [0.4, 0.5) is 22.9 Å². The molecule has 0 saturated carbocycles. The van der Waals surface area contributed by atoms with Crippen LogP contribution in [-0.2, 0) is 9.47 Å². The second-order valence-corrected chi connectivity index (χ2v) is 7.02. The Morgan fingerprint density at radius 3 is 2.27 bits per heavy atom. The van der Waals surface area contributed by atoms with Gasteiger partial charge in [0.2, 0.25) is 0 Å². The van der Waals surface area contributed by atoms with Gasteiger partial charge in [-0.25, -0.2) is 4.98 Å². The first-order chi connectivity index (χ1) is 14.6. The quantitative estimate of drug-likeness (QED) is 0.585. The number of benzene rings is 1. The standard InChI is InChI=1S/C20H23N5O5/c26-20(22-16-2-4-19(21-14-16)24-7-11-30-12-8-24)15-1-3-17(18(13-15)25(27)28)23-5-9-29-10-6-23/h1-4,13-14H,5-12H2,(H,22,26). The van der Waals surface area contributed by atoms with Crippen molar-refractivity contribution in [1.82, 2.24) is 4.98 Å². The first-order valence-corrected chi connectivity index (χ1v) is 9.83. The number of nitrogens with one attached hydrogen (secondary N) is 1. The Labute approximate surface area is 173 Å². The Hall–Kier alpha value is -3.24. The first kappa shape index (κ1) is 20.0. The number of carbonyl (C=O) groups is 1. The van der Waals surface area contributed by atoms with Crippen LogP contribution in [0.5, 0.6) is 0 Å². The SMILES string of the molecule is O=C(Nc1ccc(N2CCOCC2)nc1)c1ccc(N2CCOCC2)c([N+](=O)[O-])c1. The van der Waals surface area contributed by atoms with Gasteiger partial charge in [-0.2, -0.15) is 0 Å². The van der Waals surface area contributed by atoms with E-state index in [4.69, 9.17) is 9.47 Å². The number of hydrogen-bond acceptors (Lipinski definition) is 8. The highest BCUT2D eigenvalue weighted by molar-refractivity contribution is 6.05. The van der Waals surface area contributed by atoms with Crippen molar-refractivity contribution in [3.8, 4) is 0 Å². The van der Waals surface area contributed by atoms with Crippen LogP contribution in [0.3, 0.4) is 0 Å². The number of morpholine rings is 2. The highest BCUT2D eigenvalue weighted by Gasteiger charge is 2.23. The van der Waals surface area contributed by atoms with E-state index < -0.39 is 10.8 Å². The van der Waals surface area contributed by atoms with Gasteiger partial charge in [-0.15, -0.1) is 0 Å². The van der Waals surface area contributed by atoms with Gasteiger partial charge in [-0.1, -0.05) is 0 Å². The minimum Gasteiger partial charge on any atom is -0.378 e. The largest absolute Gasteiger partial charge is 0.378 e. The van der Waals surface area contributed by atoms with E-state index in [9.17, 15) is 14.9 Å². The molecule has 2 saturated heterocycles. The van der Waals surface area contributed by atoms with Crippen LogP contribution in [0.15, 0.2) is 36.5 Å². The van der Waals surface area contributed by atoms with Crippen molar-refractivity contribution in [2.75, 3.05) is 67.7 Å². The Bertz CT molecular complexity index is 908. The highest BCUT2D eigenvalue weighted by Crippen LogP contribution is 2.30. The van der Waals surface area contributed by atoms with Gasteiger partial charge in [-0.3, -0.25) is 14.9 Å². The number of aromatic nitrogens is 1. The minimum atomic E-state index is -0.458. The van der Waals surface area contributed by atoms with Crippen molar-refractivity contribution in [3.63, 3.8) is 0 Å². The maximum absolute atomic E-state index is 12.6. The van der Waals surface area contributed by atoms with Crippen LogP contribution < -0.4 is 15.1 Å². The van der Waals surface area contributed by atoms with Gasteiger partial charge in [0.1, 0.15) is 11.5 Å². The van der Waals surface area contributed by atoms with Crippen LogP contribution >= 0.6 is 0 Å². The monoisotopic (exact) mass is 413 g/mol. The lowest BCUT2D eigenvalue weighted by molar-refractivity contribution is -0.384. The van der Waals surface area contributed by atoms with Crippen molar-refractivity contribution in [1.29, 1.82) is 0 Å². The number of nitro benzene ring substituents is 1. The van der Waals surface area contributed by atoms with Crippen LogP contribution in [-0.4, -0.2) is 68.4 Å². The molecule has 0 unspecified atom stereocenters. The molecule has 0 spiro atoms. The molecule has 2 fully saturated rings. The van der Waals surface area contributed by atoms with E-state index in [2.05, 4.69) is 15.2 Å². The molecular weight excluding hydrogens is 390 g/mol. The predicted octanol–water partition coefficient (Wildman–Crippen LogP) is 1.92. The lowest BCUT2D eigenvalue weighted by Gasteiger charge is -2.28. The first-order valence-electron chi connectivity index (χ1n) is 9.83. The number of amides is 1. The molecule has 0 atom stereocenters. The summed E-state index contributed by atoms with van der Waals surface area (Å²) >= 11 is 0. The molecule has 158 valence electrons. The molecule has 0 aliphatic carbocycles. The van der Waals surface area contributed by atoms with Crippen LogP contribution in [0.2, 0.25) is 0 Å². The summed E-state index contributed by atoms with van der Waals surface area (Å²) in [7, 11) is 0. The van der Waals surface area contributed by atoms with Crippen molar-refractivity contribution in [3.05, 3.63) is 52.2 Å². The Kier molecular flexibility index (Phi) is 6.05. The summed E-state index contributed by atoms with van der Waals surface area (Å²) in [6, 6.07) is 8.15. The zero-order valence-corrected chi connectivity index (χ0v) is 16.5. The van der Waals surface area contributed by atoms with Crippen LogP contribution in [0, 0.1) is 10.1 Å². The van der Waals surface area contributed by atoms with Gasteiger partial charge >= 0.3 is 0 Å². The second-order valence-electron chi connectivity index (χ2n) is 7.02. The van der Waals surface area contributed by atoms with Gasteiger partial charge in [0.15, 0.2) is 0 Å². The number of rotatable bonds is 5. The van der Waals surface area contributed by atoms with Gasteiger partial charge in [0, 0.05) is 37.8 Å². The average Bonchev–Trinajstić information content (AvgIpc) is 2.80. The molecule has 10 nitrogen and oxygen atoms in total. The van der Waals surface area contributed by atoms with Gasteiger partial charge in [0.25, 0.3) is 11.6 Å². The lowest BCUT2D eigenvalue weighted by Crippen LogP contribution is -2.36. The Morgan fingerprint density at radius 2 is 1.67 bits per heavy atom. The molecule has 0 bridgehead atoms. The molecule has 1 aromatic heterocycles. The van der Waals surface area contributed by atoms with E-state index in [1.165, 1.54) is 6.07 Å². The fourth-order valence-electron chi connectivity index (χ4n) is 3.53. The summed E-state index contributed by atoms with van der Waals surface area (Å²) < 4.78 is 10.6. The Balaban J connectivity index is 1.47. The van der Waals surface area contributed by atoms with Gasteiger partial charge in [-0.05, 0) is 24.3 Å². The molecule has 2 aliphatic heterocycles. The van der Waals surface area contributed by atoms with E-state index in [0.717, 1.165) is 18.9 Å². The van der Waals surface area contributed by atoms with E-state index in [-0.39, 0.29) is 11.3 Å². The predicted molar refractivity (Wildman–Crippen MR) is 111 cm³/mol. The number of nitro groups is 1. The third-order valence-electron chi connectivity index (χ3n) is 5.13. The molecule has 10 heteroatoms. The molecule has 3 heterocycles. The number of anilines is 3. The lowest BCUT2D eigenvalue weighted by atomic mass is 10.1. The number of carbonyl (C=O) groups excluding carboxylic acids is 1. The smallest absolute Gasteiger partial charge is 0.293 e. The third-order valence-corrected chi connectivity index (χ3v) is 5.13. The topological polar surface area (TPSA) is 110 Å². The van der Waals surface area contributed by atoms with Crippen molar-refractivity contribution in [2.24, 2.45) is 0 Å². The second kappa shape index (κ2) is 9.06. The molecule has 1 N–H and O–H groups in total. The summed E-state index contributed by atoms with van der Waals surface area (Å²) in [6.07, 6.45) is 1.58. The van der Waals surface area contributed by atoms with Gasteiger partial charge < -0.3 is 24.6 Å². The molecule has 2 aliphatic rings. The molecule has 2 aromatic rings. The molecule has 4 rings (SSSR count). The third kappa shape index (κ3) is 4.50. The molecular formula is C20H23N5O5. The molecule has 1 amide bonds. The van der Waals surface area contributed by atoms with Crippen LogP contribution in [0.1, 0.15) is 10.4 Å². The number of ether oxygens (including phenoxy) is 2. The van der Waals surface area contributed by atoms with Crippen molar-refractivity contribution >= 4 is 28.8 Å². The summed E-state index contributed by atoms with van der Waals surface area (Å²) in [5.74, 6) is 0.398.